The van der Waals surface area contributed by atoms with Crippen LogP contribution in [0.25, 0.3) is 0 Å². The van der Waals surface area contributed by atoms with Crippen molar-refractivity contribution in [3.05, 3.63) is 11.8 Å². The lowest BCUT2D eigenvalue weighted by atomic mass is 10.0. The highest BCUT2D eigenvalue weighted by Crippen LogP contribution is 2.23. The van der Waals surface area contributed by atoms with Crippen molar-refractivity contribution in [1.29, 1.82) is 0 Å². The number of hydrogen-bond acceptors (Lipinski definition) is 5. The number of anilines is 2. The Morgan fingerprint density at radius 3 is 2.83 bits per heavy atom. The fraction of sp³-hybridized carbons (Fsp3) is 0.692. The molecule has 1 aliphatic heterocycles. The van der Waals surface area contributed by atoms with E-state index >= 15 is 0 Å². The number of aromatic nitrogens is 2. The minimum atomic E-state index is 0.713. The van der Waals surface area contributed by atoms with Crippen molar-refractivity contribution < 1.29 is 0 Å². The number of thioether (sulfide) groups is 1. The van der Waals surface area contributed by atoms with Crippen molar-refractivity contribution in [1.82, 2.24) is 9.97 Å². The summed E-state index contributed by atoms with van der Waals surface area (Å²) < 4.78 is 0. The number of aryl methyl sites for hydroxylation is 1. The molecule has 1 saturated heterocycles. The van der Waals surface area contributed by atoms with Gasteiger partial charge in [0.1, 0.15) is 5.82 Å². The van der Waals surface area contributed by atoms with E-state index in [9.17, 15) is 0 Å². The highest BCUT2D eigenvalue weighted by atomic mass is 32.2. The quantitative estimate of drug-likeness (QED) is 0.858. The molecule has 0 bridgehead atoms. The van der Waals surface area contributed by atoms with E-state index in [1.807, 2.05) is 6.20 Å². The van der Waals surface area contributed by atoms with Gasteiger partial charge < -0.3 is 10.6 Å². The van der Waals surface area contributed by atoms with E-state index in [0.29, 0.717) is 5.95 Å². The van der Waals surface area contributed by atoms with E-state index < -0.39 is 0 Å². The molecule has 2 N–H and O–H groups in total. The van der Waals surface area contributed by atoms with Crippen molar-refractivity contribution >= 4 is 23.5 Å². The van der Waals surface area contributed by atoms with Crippen LogP contribution in [0.4, 0.5) is 11.8 Å². The van der Waals surface area contributed by atoms with Gasteiger partial charge in [0.05, 0.1) is 0 Å². The van der Waals surface area contributed by atoms with Crippen molar-refractivity contribution in [3.8, 4) is 0 Å². The van der Waals surface area contributed by atoms with Crippen LogP contribution in [-0.4, -0.2) is 34.6 Å². The van der Waals surface area contributed by atoms with Gasteiger partial charge in [0, 0.05) is 24.8 Å². The molecule has 2 rings (SSSR count). The molecule has 0 radical (unpaired) electrons. The van der Waals surface area contributed by atoms with Gasteiger partial charge in [0.15, 0.2) is 0 Å². The molecule has 100 valence electrons. The second-order valence-corrected chi connectivity index (χ2v) is 5.92. The second-order valence-electron chi connectivity index (χ2n) is 4.69. The molecule has 1 aromatic heterocycles. The third-order valence-electron chi connectivity index (χ3n) is 3.21. The van der Waals surface area contributed by atoms with Crippen molar-refractivity contribution in [3.63, 3.8) is 0 Å². The molecule has 1 aliphatic rings. The van der Waals surface area contributed by atoms with E-state index in [4.69, 9.17) is 0 Å². The molecule has 18 heavy (non-hydrogen) atoms. The van der Waals surface area contributed by atoms with E-state index in [1.54, 1.807) is 0 Å². The summed E-state index contributed by atoms with van der Waals surface area (Å²) >= 11 is 2.07. The predicted molar refractivity (Wildman–Crippen MR) is 79.5 cm³/mol. The summed E-state index contributed by atoms with van der Waals surface area (Å²) in [5, 5.41) is 6.63. The molecule has 0 atom stereocenters. The summed E-state index contributed by atoms with van der Waals surface area (Å²) in [7, 11) is 0. The third kappa shape index (κ3) is 3.77. The first kappa shape index (κ1) is 13.5. The molecular weight excluding hydrogens is 244 g/mol. The normalized spacial score (nSPS) is 16.6. The molecule has 1 aromatic rings. The molecular formula is C13H22N4S. The molecule has 5 heteroatoms. The summed E-state index contributed by atoms with van der Waals surface area (Å²) in [5.74, 6) is 5.09. The molecule has 0 aliphatic carbocycles. The summed E-state index contributed by atoms with van der Waals surface area (Å²) in [5.41, 5.74) is 1.11. The topological polar surface area (TPSA) is 49.8 Å². The van der Waals surface area contributed by atoms with Crippen LogP contribution in [0.15, 0.2) is 6.20 Å². The van der Waals surface area contributed by atoms with Crippen LogP contribution in [-0.2, 0) is 0 Å². The Bertz CT molecular complexity index is 377. The SMILES string of the molecule is CCNc1ncc(C)c(NCC2CCSCC2)n1. The minimum absolute atomic E-state index is 0.713. The number of nitrogens with one attached hydrogen (secondary N) is 2. The Morgan fingerprint density at radius 2 is 2.11 bits per heavy atom. The summed E-state index contributed by atoms with van der Waals surface area (Å²) in [4.78, 5) is 8.77. The third-order valence-corrected chi connectivity index (χ3v) is 4.25. The Balaban J connectivity index is 1.92. The van der Waals surface area contributed by atoms with Crippen molar-refractivity contribution in [2.75, 3.05) is 35.2 Å². The van der Waals surface area contributed by atoms with Gasteiger partial charge in [-0.05, 0) is 44.1 Å². The van der Waals surface area contributed by atoms with Gasteiger partial charge in [0.2, 0.25) is 5.95 Å². The zero-order valence-electron chi connectivity index (χ0n) is 11.2. The molecule has 0 amide bonds. The van der Waals surface area contributed by atoms with E-state index in [1.165, 1.54) is 24.3 Å². The number of nitrogens with zero attached hydrogens (tertiary/aromatic N) is 2. The predicted octanol–water partition coefficient (Wildman–Crippen LogP) is 2.77. The fourth-order valence-corrected chi connectivity index (χ4v) is 3.26. The van der Waals surface area contributed by atoms with Crippen LogP contribution in [0, 0.1) is 12.8 Å². The highest BCUT2D eigenvalue weighted by Gasteiger charge is 2.14. The van der Waals surface area contributed by atoms with E-state index in [0.717, 1.165) is 30.4 Å². The van der Waals surface area contributed by atoms with Crippen LogP contribution in [0.3, 0.4) is 0 Å². The Labute approximate surface area is 113 Å². The first-order valence-electron chi connectivity index (χ1n) is 6.68. The smallest absolute Gasteiger partial charge is 0.224 e. The maximum absolute atomic E-state index is 4.51. The van der Waals surface area contributed by atoms with E-state index in [-0.39, 0.29) is 0 Å². The van der Waals surface area contributed by atoms with Gasteiger partial charge in [0.25, 0.3) is 0 Å². The zero-order valence-corrected chi connectivity index (χ0v) is 12.0. The van der Waals surface area contributed by atoms with Crippen LogP contribution < -0.4 is 10.6 Å². The van der Waals surface area contributed by atoms with Gasteiger partial charge in [-0.2, -0.15) is 16.7 Å². The van der Waals surface area contributed by atoms with Gasteiger partial charge in [-0.1, -0.05) is 0 Å². The standard InChI is InChI=1S/C13H22N4S/c1-3-14-13-16-8-10(2)12(17-13)15-9-11-4-6-18-7-5-11/h8,11H,3-7,9H2,1-2H3,(H2,14,15,16,17). The maximum Gasteiger partial charge on any atom is 0.224 e. The molecule has 0 spiro atoms. The van der Waals surface area contributed by atoms with Gasteiger partial charge in [-0.15, -0.1) is 0 Å². The molecule has 1 fully saturated rings. The van der Waals surface area contributed by atoms with Gasteiger partial charge >= 0.3 is 0 Å². The van der Waals surface area contributed by atoms with Crippen molar-refractivity contribution in [2.24, 2.45) is 5.92 Å². The van der Waals surface area contributed by atoms with Gasteiger partial charge in [-0.3, -0.25) is 0 Å². The van der Waals surface area contributed by atoms with E-state index in [2.05, 4.69) is 46.2 Å². The number of rotatable bonds is 5. The zero-order chi connectivity index (χ0) is 12.8. The number of hydrogen-bond donors (Lipinski definition) is 2. The molecule has 0 saturated carbocycles. The summed E-state index contributed by atoms with van der Waals surface area (Å²) in [6.45, 7) is 5.98. The first-order valence-corrected chi connectivity index (χ1v) is 7.84. The second kappa shape index (κ2) is 6.83. The lowest BCUT2D eigenvalue weighted by molar-refractivity contribution is 0.515. The molecule has 4 nitrogen and oxygen atoms in total. The lowest BCUT2D eigenvalue weighted by Crippen LogP contribution is -2.20. The Kier molecular flexibility index (Phi) is 5.11. The summed E-state index contributed by atoms with van der Waals surface area (Å²) in [6, 6.07) is 0. The van der Waals surface area contributed by atoms with Crippen LogP contribution in [0.5, 0.6) is 0 Å². The highest BCUT2D eigenvalue weighted by molar-refractivity contribution is 7.99. The molecule has 0 aromatic carbocycles. The average molecular weight is 266 g/mol. The largest absolute Gasteiger partial charge is 0.369 e. The van der Waals surface area contributed by atoms with Crippen LogP contribution >= 0.6 is 11.8 Å². The maximum atomic E-state index is 4.51. The fourth-order valence-electron chi connectivity index (χ4n) is 2.06. The minimum Gasteiger partial charge on any atom is -0.369 e. The Morgan fingerprint density at radius 1 is 1.33 bits per heavy atom. The molecule has 2 heterocycles. The van der Waals surface area contributed by atoms with Crippen LogP contribution in [0.2, 0.25) is 0 Å². The van der Waals surface area contributed by atoms with Crippen molar-refractivity contribution in [2.45, 2.75) is 26.7 Å². The first-order chi connectivity index (χ1) is 8.79. The Hall–Kier alpha value is -0.970. The van der Waals surface area contributed by atoms with Crippen LogP contribution in [0.1, 0.15) is 25.3 Å². The summed E-state index contributed by atoms with van der Waals surface area (Å²) in [6.07, 6.45) is 4.52. The molecule has 0 unspecified atom stereocenters. The van der Waals surface area contributed by atoms with Gasteiger partial charge in [-0.25, -0.2) is 4.98 Å². The monoisotopic (exact) mass is 266 g/mol. The lowest BCUT2D eigenvalue weighted by Gasteiger charge is -2.22. The average Bonchev–Trinajstić information content (AvgIpc) is 2.41.